The Hall–Kier alpha value is -1.67. The van der Waals surface area contributed by atoms with Crippen LogP contribution in [0.5, 0.6) is 0 Å². The number of hydrogen-bond donors (Lipinski definition) is 1. The molecule has 1 heterocycles. The second kappa shape index (κ2) is 5.32. The van der Waals surface area contributed by atoms with Gasteiger partial charge in [-0.05, 0) is 37.5 Å². The molecule has 0 bridgehead atoms. The van der Waals surface area contributed by atoms with Crippen LogP contribution in [0.15, 0.2) is 36.5 Å². The van der Waals surface area contributed by atoms with E-state index in [0.717, 1.165) is 22.4 Å². The van der Waals surface area contributed by atoms with Crippen LogP contribution in [0.1, 0.15) is 34.1 Å². The number of rotatable bonds is 3. The fourth-order valence-corrected chi connectivity index (χ4v) is 2.12. The summed E-state index contributed by atoms with van der Waals surface area (Å²) in [6.45, 7) is 6.07. The first-order valence-electron chi connectivity index (χ1n) is 6.23. The molecule has 18 heavy (non-hydrogen) atoms. The van der Waals surface area contributed by atoms with E-state index in [0.29, 0.717) is 6.42 Å². The van der Waals surface area contributed by atoms with Crippen molar-refractivity contribution in [2.24, 2.45) is 0 Å². The molecule has 0 saturated carbocycles. The topological polar surface area (TPSA) is 33.1 Å². The number of benzene rings is 1. The lowest BCUT2D eigenvalue weighted by atomic mass is 10.0. The first-order valence-corrected chi connectivity index (χ1v) is 6.23. The smallest absolute Gasteiger partial charge is 0.100 e. The molecule has 1 aromatic heterocycles. The van der Waals surface area contributed by atoms with E-state index in [4.69, 9.17) is 0 Å². The van der Waals surface area contributed by atoms with Crippen LogP contribution >= 0.6 is 0 Å². The number of pyridine rings is 1. The molecule has 2 nitrogen and oxygen atoms in total. The summed E-state index contributed by atoms with van der Waals surface area (Å²) >= 11 is 0. The van der Waals surface area contributed by atoms with E-state index in [1.807, 2.05) is 13.8 Å². The lowest BCUT2D eigenvalue weighted by Crippen LogP contribution is -2.06. The molecule has 0 radical (unpaired) electrons. The highest BCUT2D eigenvalue weighted by Gasteiger charge is 2.12. The second-order valence-electron chi connectivity index (χ2n) is 4.92. The van der Waals surface area contributed by atoms with Crippen molar-refractivity contribution in [2.75, 3.05) is 0 Å². The van der Waals surface area contributed by atoms with E-state index in [1.54, 1.807) is 6.20 Å². The number of hydrogen-bond acceptors (Lipinski definition) is 2. The molecule has 0 saturated heterocycles. The minimum Gasteiger partial charge on any atom is -0.386 e. The lowest BCUT2D eigenvalue weighted by Gasteiger charge is -2.13. The maximum absolute atomic E-state index is 10.3. The van der Waals surface area contributed by atoms with E-state index in [9.17, 15) is 5.11 Å². The SMILES string of the molecule is Cc1ccc(CC(O)c2ncc(C)cc2C)cc1. The third-order valence-corrected chi connectivity index (χ3v) is 3.12. The van der Waals surface area contributed by atoms with Crippen molar-refractivity contribution in [1.29, 1.82) is 0 Å². The third kappa shape index (κ3) is 2.96. The van der Waals surface area contributed by atoms with Gasteiger partial charge in [0.25, 0.3) is 0 Å². The number of nitrogens with zero attached hydrogens (tertiary/aromatic N) is 1. The molecule has 0 aliphatic carbocycles. The summed E-state index contributed by atoms with van der Waals surface area (Å²) in [5.41, 5.74) is 5.32. The predicted molar refractivity (Wildman–Crippen MR) is 73.6 cm³/mol. The average molecular weight is 241 g/mol. The van der Waals surface area contributed by atoms with Gasteiger partial charge in [0, 0.05) is 12.6 Å². The van der Waals surface area contributed by atoms with Crippen LogP contribution in [-0.4, -0.2) is 10.1 Å². The van der Waals surface area contributed by atoms with Crippen LogP contribution in [0, 0.1) is 20.8 Å². The molecule has 94 valence electrons. The van der Waals surface area contributed by atoms with Crippen molar-refractivity contribution in [1.82, 2.24) is 4.98 Å². The Kier molecular flexibility index (Phi) is 3.78. The normalized spacial score (nSPS) is 12.4. The first kappa shape index (κ1) is 12.8. The third-order valence-electron chi connectivity index (χ3n) is 3.12. The summed E-state index contributed by atoms with van der Waals surface area (Å²) in [6.07, 6.45) is 1.88. The van der Waals surface area contributed by atoms with E-state index < -0.39 is 6.10 Å². The van der Waals surface area contributed by atoms with Gasteiger partial charge in [0.1, 0.15) is 6.10 Å². The van der Waals surface area contributed by atoms with Crippen molar-refractivity contribution < 1.29 is 5.11 Å². The Labute approximate surface area is 108 Å². The molecular weight excluding hydrogens is 222 g/mol. The molecule has 2 heteroatoms. The summed E-state index contributed by atoms with van der Waals surface area (Å²) in [4.78, 5) is 4.34. The van der Waals surface area contributed by atoms with Crippen LogP contribution in [0.25, 0.3) is 0 Å². The van der Waals surface area contributed by atoms with E-state index >= 15 is 0 Å². The van der Waals surface area contributed by atoms with Crippen molar-refractivity contribution in [3.8, 4) is 0 Å². The Morgan fingerprint density at radius 1 is 1.06 bits per heavy atom. The standard InChI is InChI=1S/C16H19NO/c1-11-4-6-14(7-5-11)9-15(18)16-13(3)8-12(2)10-17-16/h4-8,10,15,18H,9H2,1-3H3. The van der Waals surface area contributed by atoms with Crippen LogP contribution in [0.2, 0.25) is 0 Å². The fourth-order valence-electron chi connectivity index (χ4n) is 2.12. The molecule has 1 N–H and O–H groups in total. The molecule has 1 atom stereocenters. The van der Waals surface area contributed by atoms with Gasteiger partial charge in [-0.15, -0.1) is 0 Å². The molecular formula is C16H19NO. The molecule has 2 rings (SSSR count). The summed E-state index contributed by atoms with van der Waals surface area (Å²) in [5, 5.41) is 10.3. The molecule has 0 amide bonds. The van der Waals surface area contributed by atoms with Crippen LogP contribution < -0.4 is 0 Å². The Bertz CT molecular complexity index is 531. The van der Waals surface area contributed by atoms with Gasteiger partial charge in [-0.3, -0.25) is 4.98 Å². The van der Waals surface area contributed by atoms with Gasteiger partial charge in [0.15, 0.2) is 0 Å². The van der Waals surface area contributed by atoms with Gasteiger partial charge < -0.3 is 5.11 Å². The zero-order valence-corrected chi connectivity index (χ0v) is 11.1. The highest BCUT2D eigenvalue weighted by Crippen LogP contribution is 2.20. The molecule has 0 aliphatic rings. The zero-order valence-electron chi connectivity index (χ0n) is 11.1. The van der Waals surface area contributed by atoms with E-state index in [2.05, 4.69) is 42.2 Å². The Morgan fingerprint density at radius 2 is 1.72 bits per heavy atom. The fraction of sp³-hybridized carbons (Fsp3) is 0.312. The first-order chi connectivity index (χ1) is 8.56. The number of aromatic nitrogens is 1. The summed E-state index contributed by atoms with van der Waals surface area (Å²) in [5.74, 6) is 0. The van der Waals surface area contributed by atoms with Crippen molar-refractivity contribution in [3.05, 3.63) is 64.5 Å². The molecule has 0 spiro atoms. The van der Waals surface area contributed by atoms with Gasteiger partial charge >= 0.3 is 0 Å². The summed E-state index contributed by atoms with van der Waals surface area (Å²) < 4.78 is 0. The summed E-state index contributed by atoms with van der Waals surface area (Å²) in [6, 6.07) is 10.3. The number of aryl methyl sites for hydroxylation is 3. The quantitative estimate of drug-likeness (QED) is 0.894. The van der Waals surface area contributed by atoms with E-state index in [-0.39, 0.29) is 0 Å². The van der Waals surface area contributed by atoms with Gasteiger partial charge in [-0.25, -0.2) is 0 Å². The minimum atomic E-state index is -0.534. The Morgan fingerprint density at radius 3 is 2.33 bits per heavy atom. The second-order valence-corrected chi connectivity index (χ2v) is 4.92. The molecule has 1 aromatic carbocycles. The molecule has 0 fully saturated rings. The van der Waals surface area contributed by atoms with Crippen LogP contribution in [0.4, 0.5) is 0 Å². The maximum Gasteiger partial charge on any atom is 0.100 e. The largest absolute Gasteiger partial charge is 0.386 e. The number of aliphatic hydroxyl groups is 1. The van der Waals surface area contributed by atoms with Gasteiger partial charge in [0.2, 0.25) is 0 Å². The average Bonchev–Trinajstić information content (AvgIpc) is 2.32. The monoisotopic (exact) mass is 241 g/mol. The number of aliphatic hydroxyl groups excluding tert-OH is 1. The van der Waals surface area contributed by atoms with Gasteiger partial charge in [0.05, 0.1) is 5.69 Å². The highest BCUT2D eigenvalue weighted by atomic mass is 16.3. The highest BCUT2D eigenvalue weighted by molar-refractivity contribution is 5.27. The van der Waals surface area contributed by atoms with Crippen LogP contribution in [-0.2, 0) is 6.42 Å². The molecule has 0 aliphatic heterocycles. The van der Waals surface area contributed by atoms with E-state index in [1.165, 1.54) is 5.56 Å². The van der Waals surface area contributed by atoms with Crippen LogP contribution in [0.3, 0.4) is 0 Å². The van der Waals surface area contributed by atoms with Gasteiger partial charge in [-0.2, -0.15) is 0 Å². The minimum absolute atomic E-state index is 0.534. The van der Waals surface area contributed by atoms with Crippen molar-refractivity contribution in [3.63, 3.8) is 0 Å². The van der Waals surface area contributed by atoms with Gasteiger partial charge in [-0.1, -0.05) is 35.9 Å². The molecule has 2 aromatic rings. The predicted octanol–water partition coefficient (Wildman–Crippen LogP) is 3.28. The Balaban J connectivity index is 2.16. The van der Waals surface area contributed by atoms with Crippen molar-refractivity contribution in [2.45, 2.75) is 33.3 Å². The maximum atomic E-state index is 10.3. The summed E-state index contributed by atoms with van der Waals surface area (Å²) in [7, 11) is 0. The molecule has 1 unspecified atom stereocenters. The zero-order chi connectivity index (χ0) is 13.1. The van der Waals surface area contributed by atoms with Crippen molar-refractivity contribution >= 4 is 0 Å². The lowest BCUT2D eigenvalue weighted by molar-refractivity contribution is 0.173.